The van der Waals surface area contributed by atoms with Crippen molar-refractivity contribution >= 4 is 11.8 Å². The SMILES string of the molecule is COCCCOc1cc(C(=O)NC(C)C)c(C#N)cc1-c1cccc(C(=O)N2CCCCC2)c1. The van der Waals surface area contributed by atoms with Gasteiger partial charge in [-0.3, -0.25) is 9.59 Å². The molecule has 1 aliphatic heterocycles. The second-order valence-corrected chi connectivity index (χ2v) is 8.76. The van der Waals surface area contributed by atoms with Gasteiger partial charge in [0.1, 0.15) is 5.75 Å². The molecule has 7 heteroatoms. The summed E-state index contributed by atoms with van der Waals surface area (Å²) < 4.78 is 11.1. The minimum absolute atomic E-state index is 0.0116. The van der Waals surface area contributed by atoms with E-state index in [2.05, 4.69) is 11.4 Å². The van der Waals surface area contributed by atoms with Crippen LogP contribution in [0.2, 0.25) is 0 Å². The number of hydrogen-bond donors (Lipinski definition) is 1. The van der Waals surface area contributed by atoms with Crippen molar-refractivity contribution in [3.63, 3.8) is 0 Å². The molecular formula is C27H33N3O4. The van der Waals surface area contributed by atoms with Gasteiger partial charge in [0, 0.05) is 50.4 Å². The van der Waals surface area contributed by atoms with Crippen LogP contribution in [0.5, 0.6) is 5.75 Å². The zero-order valence-corrected chi connectivity index (χ0v) is 20.2. The van der Waals surface area contributed by atoms with E-state index in [1.807, 2.05) is 43.0 Å². The number of benzene rings is 2. The molecule has 1 heterocycles. The number of nitriles is 1. The Balaban J connectivity index is 2.00. The molecule has 0 spiro atoms. The molecular weight excluding hydrogens is 430 g/mol. The Morgan fingerprint density at radius 1 is 1.12 bits per heavy atom. The highest BCUT2D eigenvalue weighted by molar-refractivity contribution is 5.99. The Bertz CT molecular complexity index is 1050. The van der Waals surface area contributed by atoms with Crippen LogP contribution in [0.1, 0.15) is 65.8 Å². The monoisotopic (exact) mass is 463 g/mol. The van der Waals surface area contributed by atoms with Crippen molar-refractivity contribution in [1.82, 2.24) is 10.2 Å². The molecule has 1 saturated heterocycles. The van der Waals surface area contributed by atoms with Crippen LogP contribution < -0.4 is 10.1 Å². The Morgan fingerprint density at radius 3 is 2.56 bits per heavy atom. The van der Waals surface area contributed by atoms with Crippen LogP contribution in [0.25, 0.3) is 11.1 Å². The third-order valence-corrected chi connectivity index (χ3v) is 5.72. The van der Waals surface area contributed by atoms with Crippen molar-refractivity contribution in [2.75, 3.05) is 33.4 Å². The molecule has 1 fully saturated rings. The molecule has 180 valence electrons. The van der Waals surface area contributed by atoms with Gasteiger partial charge in [-0.25, -0.2) is 0 Å². The van der Waals surface area contributed by atoms with E-state index in [1.165, 1.54) is 0 Å². The smallest absolute Gasteiger partial charge is 0.253 e. The number of ether oxygens (including phenoxy) is 2. The summed E-state index contributed by atoms with van der Waals surface area (Å²) in [6, 6.07) is 12.7. The maximum Gasteiger partial charge on any atom is 0.253 e. The van der Waals surface area contributed by atoms with Crippen LogP contribution in [0.15, 0.2) is 36.4 Å². The molecule has 1 aliphatic rings. The Hall–Kier alpha value is -3.37. The van der Waals surface area contributed by atoms with Crippen molar-refractivity contribution in [1.29, 1.82) is 5.26 Å². The van der Waals surface area contributed by atoms with Crippen LogP contribution in [0.4, 0.5) is 0 Å². The summed E-state index contributed by atoms with van der Waals surface area (Å²) in [5, 5.41) is 12.6. The minimum atomic E-state index is -0.325. The predicted octanol–water partition coefficient (Wildman–Crippen LogP) is 4.40. The second kappa shape index (κ2) is 12.2. The van der Waals surface area contributed by atoms with Gasteiger partial charge in [-0.2, -0.15) is 5.26 Å². The summed E-state index contributed by atoms with van der Waals surface area (Å²) in [6.45, 7) is 6.22. The molecule has 0 aromatic heterocycles. The standard InChI is InChI=1S/C27H33N3O4/c1-19(2)29-26(31)24-17-25(34-14-8-13-33-3)23(16-22(24)18-28)20-9-7-10-21(15-20)27(32)30-11-5-4-6-12-30/h7,9-10,15-17,19H,4-6,8,11-14H2,1-3H3,(H,29,31). The number of rotatable bonds is 9. The largest absolute Gasteiger partial charge is 0.493 e. The first-order valence-corrected chi connectivity index (χ1v) is 11.8. The number of likely N-dealkylation sites (tertiary alicyclic amines) is 1. The van der Waals surface area contributed by atoms with E-state index in [-0.39, 0.29) is 29.0 Å². The Kier molecular flexibility index (Phi) is 9.06. The lowest BCUT2D eigenvalue weighted by molar-refractivity contribution is 0.0724. The molecule has 34 heavy (non-hydrogen) atoms. The fourth-order valence-corrected chi connectivity index (χ4v) is 4.03. The summed E-state index contributed by atoms with van der Waals surface area (Å²) in [7, 11) is 1.63. The third kappa shape index (κ3) is 6.36. The van der Waals surface area contributed by atoms with Crippen LogP contribution in [-0.2, 0) is 4.74 Å². The van der Waals surface area contributed by atoms with E-state index < -0.39 is 0 Å². The Morgan fingerprint density at radius 2 is 1.88 bits per heavy atom. The first-order chi connectivity index (χ1) is 16.4. The zero-order valence-electron chi connectivity index (χ0n) is 20.2. The van der Waals surface area contributed by atoms with Crippen LogP contribution in [-0.4, -0.2) is 56.2 Å². The van der Waals surface area contributed by atoms with Crippen LogP contribution in [0.3, 0.4) is 0 Å². The maximum atomic E-state index is 13.1. The number of piperidine rings is 1. The number of carbonyl (C=O) groups is 2. The van der Waals surface area contributed by atoms with Crippen LogP contribution >= 0.6 is 0 Å². The number of nitrogens with zero attached hydrogens (tertiary/aromatic N) is 2. The first kappa shape index (κ1) is 25.3. The zero-order chi connectivity index (χ0) is 24.5. The summed E-state index contributed by atoms with van der Waals surface area (Å²) in [6.07, 6.45) is 3.88. The molecule has 0 bridgehead atoms. The number of methoxy groups -OCH3 is 1. The highest BCUT2D eigenvalue weighted by atomic mass is 16.5. The number of amides is 2. The van der Waals surface area contributed by atoms with Gasteiger partial charge in [-0.05, 0) is 62.9 Å². The fourth-order valence-electron chi connectivity index (χ4n) is 4.03. The molecule has 2 amide bonds. The molecule has 0 unspecified atom stereocenters. The van der Waals surface area contributed by atoms with E-state index in [4.69, 9.17) is 9.47 Å². The lowest BCUT2D eigenvalue weighted by Crippen LogP contribution is -2.35. The molecule has 2 aromatic carbocycles. The summed E-state index contributed by atoms with van der Waals surface area (Å²) in [5.41, 5.74) is 2.55. The van der Waals surface area contributed by atoms with Crippen molar-refractivity contribution in [2.45, 2.75) is 45.6 Å². The lowest BCUT2D eigenvalue weighted by atomic mass is 9.96. The van der Waals surface area contributed by atoms with E-state index in [0.717, 1.165) is 37.9 Å². The molecule has 0 saturated carbocycles. The van der Waals surface area contributed by atoms with Gasteiger partial charge < -0.3 is 19.7 Å². The van der Waals surface area contributed by atoms with Crippen molar-refractivity contribution in [3.05, 3.63) is 53.1 Å². The predicted molar refractivity (Wildman–Crippen MR) is 131 cm³/mol. The Labute approximate surface area is 201 Å². The topological polar surface area (TPSA) is 91.7 Å². The van der Waals surface area contributed by atoms with Gasteiger partial charge in [0.25, 0.3) is 11.8 Å². The molecule has 7 nitrogen and oxygen atoms in total. The third-order valence-electron chi connectivity index (χ3n) is 5.72. The highest BCUT2D eigenvalue weighted by Gasteiger charge is 2.21. The number of carbonyl (C=O) groups excluding carboxylic acids is 2. The van der Waals surface area contributed by atoms with Crippen molar-refractivity contribution in [2.24, 2.45) is 0 Å². The normalized spacial score (nSPS) is 13.4. The minimum Gasteiger partial charge on any atom is -0.493 e. The van der Waals surface area contributed by atoms with Crippen LogP contribution in [0, 0.1) is 11.3 Å². The summed E-state index contributed by atoms with van der Waals surface area (Å²) >= 11 is 0. The van der Waals surface area contributed by atoms with Crippen molar-refractivity contribution < 1.29 is 19.1 Å². The van der Waals surface area contributed by atoms with E-state index in [1.54, 1.807) is 19.2 Å². The fraction of sp³-hybridized carbons (Fsp3) is 0.444. The molecule has 3 rings (SSSR count). The number of nitrogens with one attached hydrogen (secondary N) is 1. The summed E-state index contributed by atoms with van der Waals surface area (Å²) in [5.74, 6) is 0.179. The second-order valence-electron chi connectivity index (χ2n) is 8.76. The van der Waals surface area contributed by atoms with Gasteiger partial charge in [0.2, 0.25) is 0 Å². The molecule has 0 radical (unpaired) electrons. The van der Waals surface area contributed by atoms with Gasteiger partial charge in [-0.1, -0.05) is 12.1 Å². The van der Waals surface area contributed by atoms with E-state index >= 15 is 0 Å². The molecule has 0 atom stereocenters. The quantitative estimate of drug-likeness (QED) is 0.557. The summed E-state index contributed by atoms with van der Waals surface area (Å²) in [4.78, 5) is 27.7. The first-order valence-electron chi connectivity index (χ1n) is 11.8. The molecule has 2 aromatic rings. The van der Waals surface area contributed by atoms with E-state index in [9.17, 15) is 14.9 Å². The van der Waals surface area contributed by atoms with Crippen molar-refractivity contribution in [3.8, 4) is 22.9 Å². The van der Waals surface area contributed by atoms with Gasteiger partial charge in [0.05, 0.1) is 23.8 Å². The highest BCUT2D eigenvalue weighted by Crippen LogP contribution is 2.34. The molecule has 0 aliphatic carbocycles. The average molecular weight is 464 g/mol. The van der Waals surface area contributed by atoms with Gasteiger partial charge >= 0.3 is 0 Å². The van der Waals surface area contributed by atoms with Gasteiger partial charge in [0.15, 0.2) is 0 Å². The maximum absolute atomic E-state index is 13.1. The molecule has 1 N–H and O–H groups in total. The number of hydrogen-bond acceptors (Lipinski definition) is 5. The van der Waals surface area contributed by atoms with Gasteiger partial charge in [-0.15, -0.1) is 0 Å². The average Bonchev–Trinajstić information content (AvgIpc) is 2.86. The van der Waals surface area contributed by atoms with E-state index in [0.29, 0.717) is 36.5 Å². The lowest BCUT2D eigenvalue weighted by Gasteiger charge is -2.27.